The molecule has 106 valence electrons. The topological polar surface area (TPSA) is 64.8 Å². The number of primary amides is 1. The van der Waals surface area contributed by atoms with Crippen LogP contribution in [0.3, 0.4) is 0 Å². The standard InChI is InChI=1S/C14H22N2O3/c1-10-7-13(19-4)11(8-12(10)18-3)5-6-16(2)9-14(15)17/h7-8H,5-6,9H2,1-4H3,(H2,15,17). The lowest BCUT2D eigenvalue weighted by Crippen LogP contribution is -2.32. The molecule has 0 saturated heterocycles. The predicted octanol–water partition coefficient (Wildman–Crippen LogP) is 0.972. The number of benzene rings is 1. The lowest BCUT2D eigenvalue weighted by atomic mass is 10.1. The summed E-state index contributed by atoms with van der Waals surface area (Å²) in [7, 11) is 5.17. The van der Waals surface area contributed by atoms with Crippen molar-refractivity contribution in [2.45, 2.75) is 13.3 Å². The van der Waals surface area contributed by atoms with Crippen LogP contribution in [0.15, 0.2) is 12.1 Å². The smallest absolute Gasteiger partial charge is 0.231 e. The van der Waals surface area contributed by atoms with Crippen LogP contribution in [0.1, 0.15) is 11.1 Å². The molecule has 0 atom stereocenters. The van der Waals surface area contributed by atoms with Crippen molar-refractivity contribution in [1.29, 1.82) is 0 Å². The van der Waals surface area contributed by atoms with Gasteiger partial charge >= 0.3 is 0 Å². The number of amides is 1. The molecule has 0 aliphatic rings. The van der Waals surface area contributed by atoms with Crippen molar-refractivity contribution in [3.8, 4) is 11.5 Å². The van der Waals surface area contributed by atoms with Crippen LogP contribution in [0.25, 0.3) is 0 Å². The van der Waals surface area contributed by atoms with Crippen LogP contribution in [0.4, 0.5) is 0 Å². The summed E-state index contributed by atoms with van der Waals surface area (Å²) in [5.74, 6) is 1.36. The van der Waals surface area contributed by atoms with Crippen molar-refractivity contribution in [1.82, 2.24) is 4.90 Å². The molecule has 1 aromatic carbocycles. The molecule has 1 rings (SSSR count). The summed E-state index contributed by atoms with van der Waals surface area (Å²) >= 11 is 0. The van der Waals surface area contributed by atoms with E-state index in [9.17, 15) is 4.79 Å². The van der Waals surface area contributed by atoms with E-state index >= 15 is 0 Å². The third-order valence-corrected chi connectivity index (χ3v) is 2.99. The Hall–Kier alpha value is -1.75. The highest BCUT2D eigenvalue weighted by Gasteiger charge is 2.10. The highest BCUT2D eigenvalue weighted by molar-refractivity contribution is 5.75. The number of carbonyl (C=O) groups is 1. The molecule has 0 unspecified atom stereocenters. The van der Waals surface area contributed by atoms with Crippen molar-refractivity contribution in [3.63, 3.8) is 0 Å². The molecular formula is C14H22N2O3. The fourth-order valence-electron chi connectivity index (χ4n) is 1.97. The average Bonchev–Trinajstić information content (AvgIpc) is 2.35. The summed E-state index contributed by atoms with van der Waals surface area (Å²) in [6.45, 7) is 2.96. The maximum absolute atomic E-state index is 10.8. The van der Waals surface area contributed by atoms with Gasteiger partial charge in [-0.3, -0.25) is 9.69 Å². The van der Waals surface area contributed by atoms with Crippen molar-refractivity contribution < 1.29 is 14.3 Å². The van der Waals surface area contributed by atoms with Crippen molar-refractivity contribution in [2.24, 2.45) is 5.73 Å². The minimum Gasteiger partial charge on any atom is -0.496 e. The minimum absolute atomic E-state index is 0.255. The Labute approximate surface area is 114 Å². The van der Waals surface area contributed by atoms with Gasteiger partial charge in [0.25, 0.3) is 0 Å². The first-order valence-corrected chi connectivity index (χ1v) is 6.16. The minimum atomic E-state index is -0.323. The first-order chi connectivity index (χ1) is 8.97. The summed E-state index contributed by atoms with van der Waals surface area (Å²) in [5, 5.41) is 0. The molecule has 0 spiro atoms. The first kappa shape index (κ1) is 15.3. The molecule has 0 heterocycles. The molecule has 0 saturated carbocycles. The van der Waals surface area contributed by atoms with Crippen LogP contribution >= 0.6 is 0 Å². The SMILES string of the molecule is COc1cc(CCN(C)CC(N)=O)c(OC)cc1C. The largest absolute Gasteiger partial charge is 0.496 e. The summed E-state index contributed by atoms with van der Waals surface area (Å²) in [6.07, 6.45) is 0.767. The van der Waals surface area contributed by atoms with Gasteiger partial charge in [0, 0.05) is 6.54 Å². The zero-order chi connectivity index (χ0) is 14.4. The molecule has 0 bridgehead atoms. The average molecular weight is 266 g/mol. The second-order valence-corrected chi connectivity index (χ2v) is 4.59. The van der Waals surface area contributed by atoms with E-state index in [2.05, 4.69) is 0 Å². The van der Waals surface area contributed by atoms with Crippen molar-refractivity contribution >= 4 is 5.91 Å². The molecule has 0 radical (unpaired) electrons. The van der Waals surface area contributed by atoms with Crippen LogP contribution < -0.4 is 15.2 Å². The number of nitrogens with two attached hydrogens (primary N) is 1. The maximum Gasteiger partial charge on any atom is 0.231 e. The lowest BCUT2D eigenvalue weighted by Gasteiger charge is -2.17. The summed E-state index contributed by atoms with van der Waals surface area (Å²) in [4.78, 5) is 12.7. The second kappa shape index (κ2) is 6.99. The third-order valence-electron chi connectivity index (χ3n) is 2.99. The van der Waals surface area contributed by atoms with Crippen LogP contribution in [0, 0.1) is 6.92 Å². The Morgan fingerprint density at radius 2 is 1.89 bits per heavy atom. The number of ether oxygens (including phenoxy) is 2. The lowest BCUT2D eigenvalue weighted by molar-refractivity contribution is -0.118. The highest BCUT2D eigenvalue weighted by atomic mass is 16.5. The normalized spacial score (nSPS) is 10.6. The van der Waals surface area contributed by atoms with Crippen molar-refractivity contribution in [2.75, 3.05) is 34.4 Å². The number of carbonyl (C=O) groups excluding carboxylic acids is 1. The Kier molecular flexibility index (Phi) is 5.63. The van der Waals surface area contributed by atoms with E-state index in [0.29, 0.717) is 0 Å². The van der Waals surface area contributed by atoms with Gasteiger partial charge < -0.3 is 15.2 Å². The molecular weight excluding hydrogens is 244 g/mol. The molecule has 0 aliphatic carbocycles. The number of methoxy groups -OCH3 is 2. The van der Waals surface area contributed by atoms with Crippen molar-refractivity contribution in [3.05, 3.63) is 23.3 Å². The number of likely N-dealkylation sites (N-methyl/N-ethyl adjacent to an activating group) is 1. The molecule has 5 nitrogen and oxygen atoms in total. The van der Waals surface area contributed by atoms with Crippen LogP contribution in [0.2, 0.25) is 0 Å². The molecule has 19 heavy (non-hydrogen) atoms. The fraction of sp³-hybridized carbons (Fsp3) is 0.500. The molecule has 0 aliphatic heterocycles. The van der Waals surface area contributed by atoms with Gasteiger partial charge in [-0.15, -0.1) is 0 Å². The molecule has 5 heteroatoms. The van der Waals surface area contributed by atoms with E-state index in [0.717, 1.165) is 35.6 Å². The van der Waals surface area contributed by atoms with Gasteiger partial charge in [-0.1, -0.05) is 0 Å². The Balaban J connectivity index is 2.79. The van der Waals surface area contributed by atoms with Crippen LogP contribution in [0.5, 0.6) is 11.5 Å². The van der Waals surface area contributed by atoms with E-state index in [1.54, 1.807) is 14.2 Å². The fourth-order valence-corrected chi connectivity index (χ4v) is 1.97. The van der Waals surface area contributed by atoms with Gasteiger partial charge in [0.2, 0.25) is 5.91 Å². The van der Waals surface area contributed by atoms with Gasteiger partial charge in [-0.05, 0) is 43.7 Å². The molecule has 1 amide bonds. The van der Waals surface area contributed by atoms with Gasteiger partial charge in [0.15, 0.2) is 0 Å². The van der Waals surface area contributed by atoms with E-state index < -0.39 is 0 Å². The Morgan fingerprint density at radius 3 is 2.42 bits per heavy atom. The molecule has 1 aromatic rings. The number of nitrogens with zero attached hydrogens (tertiary/aromatic N) is 1. The quantitative estimate of drug-likeness (QED) is 0.798. The van der Waals surface area contributed by atoms with Crippen LogP contribution in [-0.4, -0.2) is 45.2 Å². The van der Waals surface area contributed by atoms with Gasteiger partial charge in [0.05, 0.1) is 20.8 Å². The molecule has 2 N–H and O–H groups in total. The van der Waals surface area contributed by atoms with Crippen LogP contribution in [-0.2, 0) is 11.2 Å². The number of aryl methyl sites for hydroxylation is 1. The van der Waals surface area contributed by atoms with Gasteiger partial charge in [0.1, 0.15) is 11.5 Å². The predicted molar refractivity (Wildman–Crippen MR) is 74.7 cm³/mol. The van der Waals surface area contributed by atoms with E-state index in [-0.39, 0.29) is 12.5 Å². The third kappa shape index (κ3) is 4.44. The zero-order valence-corrected chi connectivity index (χ0v) is 12.0. The van der Waals surface area contributed by atoms with Gasteiger partial charge in [-0.2, -0.15) is 0 Å². The number of hydrogen-bond donors (Lipinski definition) is 1. The zero-order valence-electron chi connectivity index (χ0n) is 12.0. The van der Waals surface area contributed by atoms with Gasteiger partial charge in [-0.25, -0.2) is 0 Å². The molecule has 0 fully saturated rings. The monoisotopic (exact) mass is 266 g/mol. The maximum atomic E-state index is 10.8. The second-order valence-electron chi connectivity index (χ2n) is 4.59. The molecule has 0 aromatic heterocycles. The van der Waals surface area contributed by atoms with E-state index in [4.69, 9.17) is 15.2 Å². The Bertz CT molecular complexity index is 447. The van der Waals surface area contributed by atoms with E-state index in [1.807, 2.05) is 31.0 Å². The summed E-state index contributed by atoms with van der Waals surface area (Å²) in [6, 6.07) is 3.94. The highest BCUT2D eigenvalue weighted by Crippen LogP contribution is 2.28. The van der Waals surface area contributed by atoms with E-state index in [1.165, 1.54) is 0 Å². The first-order valence-electron chi connectivity index (χ1n) is 6.16. The Morgan fingerprint density at radius 1 is 1.26 bits per heavy atom. The number of hydrogen-bond acceptors (Lipinski definition) is 4. The summed E-state index contributed by atoms with van der Waals surface area (Å²) < 4.78 is 10.7. The summed E-state index contributed by atoms with van der Waals surface area (Å²) in [5.41, 5.74) is 7.25. The number of rotatable bonds is 7.